The Balaban J connectivity index is 2.42. The molecule has 6 nitrogen and oxygen atoms in total. The lowest BCUT2D eigenvalue weighted by Crippen LogP contribution is -2.11. The topological polar surface area (TPSA) is 68.5 Å². The van der Waals surface area contributed by atoms with Crippen LogP contribution >= 0.6 is 0 Å². The van der Waals surface area contributed by atoms with Gasteiger partial charge in [0.1, 0.15) is 5.82 Å². The molecule has 1 N–H and O–H groups in total. The van der Waals surface area contributed by atoms with Gasteiger partial charge in [-0.3, -0.25) is 0 Å². The van der Waals surface area contributed by atoms with Gasteiger partial charge in [-0.25, -0.2) is 9.97 Å². The van der Waals surface area contributed by atoms with E-state index in [1.54, 1.807) is 0 Å². The van der Waals surface area contributed by atoms with E-state index >= 15 is 0 Å². The predicted octanol–water partition coefficient (Wildman–Crippen LogP) is 2.31. The predicted molar refractivity (Wildman–Crippen MR) is 79.2 cm³/mol. The van der Waals surface area contributed by atoms with Crippen molar-refractivity contribution in [3.63, 3.8) is 0 Å². The third-order valence-corrected chi connectivity index (χ3v) is 3.03. The highest BCUT2D eigenvalue weighted by Crippen LogP contribution is 2.14. The molecule has 0 saturated heterocycles. The Morgan fingerprint density at radius 2 is 1.95 bits per heavy atom. The van der Waals surface area contributed by atoms with Gasteiger partial charge in [0.05, 0.1) is 0 Å². The maximum absolute atomic E-state index is 4.57. The first-order valence-electron chi connectivity index (χ1n) is 7.22. The van der Waals surface area contributed by atoms with Gasteiger partial charge in [-0.15, -0.1) is 5.10 Å². The first kappa shape index (κ1) is 14.4. The molecule has 0 bridgehead atoms. The smallest absolute Gasteiger partial charge is 0.224 e. The lowest BCUT2D eigenvalue weighted by Gasteiger charge is -2.09. The second kappa shape index (κ2) is 6.45. The molecule has 0 aliphatic carbocycles. The normalized spacial score (nSPS) is 10.8. The number of hydrogen-bond donors (Lipinski definition) is 1. The fraction of sp³-hybridized carbons (Fsp3) is 0.571. The SMILES string of the molecule is CCCNc1ncc(C)c(-n2nc(CC)nc2CC)n1. The van der Waals surface area contributed by atoms with Crippen molar-refractivity contribution < 1.29 is 0 Å². The van der Waals surface area contributed by atoms with Crippen LogP contribution in [-0.2, 0) is 12.8 Å². The van der Waals surface area contributed by atoms with Crippen LogP contribution in [0.15, 0.2) is 6.20 Å². The van der Waals surface area contributed by atoms with E-state index in [1.165, 1.54) is 0 Å². The molecule has 2 rings (SSSR count). The Kier molecular flexibility index (Phi) is 4.65. The van der Waals surface area contributed by atoms with Gasteiger partial charge in [0.2, 0.25) is 5.95 Å². The Labute approximate surface area is 119 Å². The van der Waals surface area contributed by atoms with Gasteiger partial charge in [-0.2, -0.15) is 9.67 Å². The summed E-state index contributed by atoms with van der Waals surface area (Å²) in [4.78, 5) is 13.4. The summed E-state index contributed by atoms with van der Waals surface area (Å²) >= 11 is 0. The summed E-state index contributed by atoms with van der Waals surface area (Å²) < 4.78 is 1.84. The Morgan fingerprint density at radius 1 is 1.15 bits per heavy atom. The molecule has 0 atom stereocenters. The van der Waals surface area contributed by atoms with Gasteiger partial charge < -0.3 is 5.32 Å². The van der Waals surface area contributed by atoms with E-state index in [1.807, 2.05) is 17.8 Å². The molecule has 0 spiro atoms. The van der Waals surface area contributed by atoms with Crippen LogP contribution in [0.3, 0.4) is 0 Å². The minimum atomic E-state index is 0.642. The number of aromatic nitrogens is 5. The minimum absolute atomic E-state index is 0.642. The van der Waals surface area contributed by atoms with Crippen molar-refractivity contribution >= 4 is 5.95 Å². The standard InChI is InChI=1S/C14H22N6/c1-5-8-15-14-16-9-10(4)13(18-14)20-12(7-3)17-11(6-2)19-20/h9H,5-8H2,1-4H3,(H,15,16,18). The fourth-order valence-electron chi connectivity index (χ4n) is 1.91. The molecule has 2 heterocycles. The molecular formula is C14H22N6. The van der Waals surface area contributed by atoms with Crippen LogP contribution in [0.2, 0.25) is 0 Å². The third-order valence-electron chi connectivity index (χ3n) is 3.03. The number of nitrogens with zero attached hydrogens (tertiary/aromatic N) is 5. The third kappa shape index (κ3) is 2.95. The molecule has 6 heteroatoms. The maximum atomic E-state index is 4.57. The van der Waals surface area contributed by atoms with Crippen molar-refractivity contribution in [1.29, 1.82) is 0 Å². The van der Waals surface area contributed by atoms with Gasteiger partial charge in [0.15, 0.2) is 11.6 Å². The van der Waals surface area contributed by atoms with Gasteiger partial charge in [-0.1, -0.05) is 20.8 Å². The average molecular weight is 274 g/mol. The van der Waals surface area contributed by atoms with E-state index in [0.717, 1.165) is 48.8 Å². The highest BCUT2D eigenvalue weighted by molar-refractivity contribution is 5.38. The van der Waals surface area contributed by atoms with Gasteiger partial charge >= 0.3 is 0 Å². The lowest BCUT2D eigenvalue weighted by molar-refractivity contribution is 0.758. The summed E-state index contributed by atoms with van der Waals surface area (Å²) in [6.07, 6.45) is 4.52. The lowest BCUT2D eigenvalue weighted by atomic mass is 10.3. The molecule has 0 amide bonds. The summed E-state index contributed by atoms with van der Waals surface area (Å²) in [6, 6.07) is 0. The molecule has 2 aromatic heterocycles. The molecule has 20 heavy (non-hydrogen) atoms. The van der Waals surface area contributed by atoms with Crippen molar-refractivity contribution in [3.8, 4) is 5.82 Å². The van der Waals surface area contributed by atoms with Crippen LogP contribution in [0.4, 0.5) is 5.95 Å². The summed E-state index contributed by atoms with van der Waals surface area (Å²) in [6.45, 7) is 9.10. The maximum Gasteiger partial charge on any atom is 0.224 e. The highest BCUT2D eigenvalue weighted by atomic mass is 15.4. The van der Waals surface area contributed by atoms with Crippen molar-refractivity contribution in [3.05, 3.63) is 23.4 Å². The number of anilines is 1. The van der Waals surface area contributed by atoms with Crippen molar-refractivity contribution in [1.82, 2.24) is 24.7 Å². The number of aryl methyl sites for hydroxylation is 3. The van der Waals surface area contributed by atoms with E-state index in [-0.39, 0.29) is 0 Å². The average Bonchev–Trinajstić information content (AvgIpc) is 2.89. The molecule has 0 fully saturated rings. The molecule has 0 aromatic carbocycles. The Morgan fingerprint density at radius 3 is 2.60 bits per heavy atom. The second-order valence-electron chi connectivity index (χ2n) is 4.69. The van der Waals surface area contributed by atoms with Crippen LogP contribution in [-0.4, -0.2) is 31.3 Å². The summed E-state index contributed by atoms with van der Waals surface area (Å²) in [5.41, 5.74) is 0.995. The second-order valence-corrected chi connectivity index (χ2v) is 4.69. The minimum Gasteiger partial charge on any atom is -0.354 e. The van der Waals surface area contributed by atoms with Crippen molar-refractivity contribution in [2.45, 2.75) is 47.0 Å². The molecule has 0 saturated carbocycles. The zero-order valence-electron chi connectivity index (χ0n) is 12.6. The van der Waals surface area contributed by atoms with E-state index in [0.29, 0.717) is 5.95 Å². The van der Waals surface area contributed by atoms with Gasteiger partial charge in [0, 0.05) is 31.1 Å². The van der Waals surface area contributed by atoms with Crippen LogP contribution < -0.4 is 5.32 Å². The summed E-state index contributed by atoms with van der Waals surface area (Å²) in [7, 11) is 0. The Hall–Kier alpha value is -1.98. The van der Waals surface area contributed by atoms with E-state index in [9.17, 15) is 0 Å². The molecular weight excluding hydrogens is 252 g/mol. The first-order chi connectivity index (χ1) is 9.69. The molecule has 0 aliphatic heterocycles. The van der Waals surface area contributed by atoms with Crippen molar-refractivity contribution in [2.75, 3.05) is 11.9 Å². The van der Waals surface area contributed by atoms with Crippen LogP contribution in [0.5, 0.6) is 0 Å². The fourth-order valence-corrected chi connectivity index (χ4v) is 1.91. The largest absolute Gasteiger partial charge is 0.354 e. The zero-order valence-corrected chi connectivity index (χ0v) is 12.6. The molecule has 0 unspecified atom stereocenters. The van der Waals surface area contributed by atoms with Crippen LogP contribution in [0, 0.1) is 6.92 Å². The van der Waals surface area contributed by atoms with E-state index in [4.69, 9.17) is 0 Å². The highest BCUT2D eigenvalue weighted by Gasteiger charge is 2.13. The van der Waals surface area contributed by atoms with Crippen LogP contribution in [0.25, 0.3) is 5.82 Å². The number of rotatable bonds is 6. The molecule has 0 radical (unpaired) electrons. The molecule has 108 valence electrons. The summed E-state index contributed by atoms with van der Waals surface area (Å²) in [5, 5.41) is 7.75. The van der Waals surface area contributed by atoms with Crippen molar-refractivity contribution in [2.24, 2.45) is 0 Å². The van der Waals surface area contributed by atoms with Gasteiger partial charge in [0.25, 0.3) is 0 Å². The molecule has 2 aromatic rings. The van der Waals surface area contributed by atoms with Gasteiger partial charge in [-0.05, 0) is 13.3 Å². The Bertz CT molecular complexity index is 575. The number of nitrogens with one attached hydrogen (secondary N) is 1. The molecule has 0 aliphatic rings. The first-order valence-corrected chi connectivity index (χ1v) is 7.22. The number of hydrogen-bond acceptors (Lipinski definition) is 5. The summed E-state index contributed by atoms with van der Waals surface area (Å²) in [5.74, 6) is 3.23. The van der Waals surface area contributed by atoms with Crippen LogP contribution in [0.1, 0.15) is 44.4 Å². The van der Waals surface area contributed by atoms with E-state index in [2.05, 4.69) is 46.1 Å². The van der Waals surface area contributed by atoms with E-state index < -0.39 is 0 Å². The monoisotopic (exact) mass is 274 g/mol. The quantitative estimate of drug-likeness (QED) is 0.875. The zero-order chi connectivity index (χ0) is 14.5.